The first-order chi connectivity index (χ1) is 17.6. The maximum atomic E-state index is 12.0. The zero-order valence-electron chi connectivity index (χ0n) is 19.2. The molecule has 5 nitrogen and oxygen atoms in total. The molecule has 0 unspecified atom stereocenters. The maximum absolute atomic E-state index is 12.0. The first kappa shape index (κ1) is 21.6. The second-order valence-electron chi connectivity index (χ2n) is 8.68. The molecule has 1 aliphatic rings. The monoisotopic (exact) mass is 469 g/mol. The van der Waals surface area contributed by atoms with Gasteiger partial charge in [0.1, 0.15) is 0 Å². The summed E-state index contributed by atoms with van der Waals surface area (Å²) in [4.78, 5) is 39.8. The third-order valence-electron chi connectivity index (χ3n) is 6.40. The first-order valence-electron chi connectivity index (χ1n) is 11.6. The third-order valence-corrected chi connectivity index (χ3v) is 6.40. The molecule has 0 fully saturated rings. The zero-order chi connectivity index (χ0) is 24.6. The molecule has 5 aromatic carbocycles. The standard InChI is InChI=1S/C31H19NO4/c33-27-17-18-28(34)32(27)36-29(35)19-9-21-6-4-20(5-7-21)8-10-22-11-12-25-14-13-23-2-1-3-24-15-16-26(22)31(25)30(23)24/h1-7,11-18H,9,19H2. The predicted octanol–water partition coefficient (Wildman–Crippen LogP) is 5.30. The minimum Gasteiger partial charge on any atom is -0.330 e. The van der Waals surface area contributed by atoms with Crippen LogP contribution in [0.5, 0.6) is 0 Å². The predicted molar refractivity (Wildman–Crippen MR) is 138 cm³/mol. The summed E-state index contributed by atoms with van der Waals surface area (Å²) in [5.41, 5.74) is 2.77. The molecular weight excluding hydrogens is 450 g/mol. The number of hydrogen-bond acceptors (Lipinski definition) is 4. The Balaban J connectivity index is 1.19. The van der Waals surface area contributed by atoms with E-state index in [0.717, 1.165) is 34.2 Å². The minimum absolute atomic E-state index is 0.0464. The van der Waals surface area contributed by atoms with E-state index in [1.165, 1.54) is 26.9 Å². The number of imide groups is 1. The van der Waals surface area contributed by atoms with Crippen LogP contribution in [-0.4, -0.2) is 22.8 Å². The summed E-state index contributed by atoms with van der Waals surface area (Å²) >= 11 is 0. The molecule has 6 rings (SSSR count). The Hall–Kier alpha value is -4.95. The Morgan fingerprint density at radius 3 is 2.08 bits per heavy atom. The molecule has 1 heterocycles. The average molecular weight is 469 g/mol. The molecule has 0 atom stereocenters. The van der Waals surface area contributed by atoms with Crippen LogP contribution in [0.2, 0.25) is 0 Å². The summed E-state index contributed by atoms with van der Waals surface area (Å²) < 4.78 is 0. The Labute approximate surface area is 206 Å². The van der Waals surface area contributed by atoms with Gasteiger partial charge in [0.15, 0.2) is 0 Å². The van der Waals surface area contributed by atoms with E-state index in [0.29, 0.717) is 11.5 Å². The number of nitrogens with zero attached hydrogens (tertiary/aromatic N) is 1. The van der Waals surface area contributed by atoms with Crippen molar-refractivity contribution >= 4 is 50.1 Å². The van der Waals surface area contributed by atoms with E-state index in [-0.39, 0.29) is 6.42 Å². The largest absolute Gasteiger partial charge is 0.333 e. The first-order valence-corrected chi connectivity index (χ1v) is 11.6. The summed E-state index contributed by atoms with van der Waals surface area (Å²) in [5.74, 6) is 4.65. The van der Waals surface area contributed by atoms with E-state index < -0.39 is 17.8 Å². The lowest BCUT2D eigenvalue weighted by Gasteiger charge is -2.12. The summed E-state index contributed by atoms with van der Waals surface area (Å²) in [6.45, 7) is 0. The molecule has 172 valence electrons. The summed E-state index contributed by atoms with van der Waals surface area (Å²) in [6.07, 6.45) is 2.60. The fraction of sp³-hybridized carbons (Fsp3) is 0.0645. The summed E-state index contributed by atoms with van der Waals surface area (Å²) in [5, 5.41) is 7.79. The third kappa shape index (κ3) is 3.85. The molecule has 36 heavy (non-hydrogen) atoms. The molecule has 0 bridgehead atoms. The van der Waals surface area contributed by atoms with Crippen LogP contribution in [0.3, 0.4) is 0 Å². The number of carbonyl (C=O) groups is 3. The van der Waals surface area contributed by atoms with Crippen molar-refractivity contribution in [2.75, 3.05) is 0 Å². The number of amides is 2. The number of aryl methyl sites for hydroxylation is 1. The molecule has 0 saturated heterocycles. The molecule has 5 heteroatoms. The van der Waals surface area contributed by atoms with Gasteiger partial charge in [0.05, 0.1) is 6.42 Å². The summed E-state index contributed by atoms with van der Waals surface area (Å²) in [7, 11) is 0. The smallest absolute Gasteiger partial charge is 0.330 e. The van der Waals surface area contributed by atoms with Gasteiger partial charge in [-0.05, 0) is 62.5 Å². The van der Waals surface area contributed by atoms with Crippen LogP contribution in [0.4, 0.5) is 0 Å². The number of hydrogen-bond donors (Lipinski definition) is 0. The number of hydroxylamine groups is 2. The van der Waals surface area contributed by atoms with Crippen LogP contribution >= 0.6 is 0 Å². The van der Waals surface area contributed by atoms with Crippen molar-refractivity contribution in [2.24, 2.45) is 0 Å². The van der Waals surface area contributed by atoms with Gasteiger partial charge in [-0.25, -0.2) is 4.79 Å². The number of rotatable bonds is 4. The molecule has 5 aromatic rings. The molecule has 1 aliphatic heterocycles. The molecule has 0 N–H and O–H groups in total. The topological polar surface area (TPSA) is 63.7 Å². The van der Waals surface area contributed by atoms with Crippen LogP contribution in [0.1, 0.15) is 23.1 Å². The van der Waals surface area contributed by atoms with Gasteiger partial charge in [-0.3, -0.25) is 9.59 Å². The van der Waals surface area contributed by atoms with Gasteiger partial charge in [0.2, 0.25) is 0 Å². The van der Waals surface area contributed by atoms with Gasteiger partial charge in [0, 0.05) is 23.3 Å². The van der Waals surface area contributed by atoms with Gasteiger partial charge in [0.25, 0.3) is 11.8 Å². The minimum atomic E-state index is -0.652. The number of benzene rings is 5. The lowest BCUT2D eigenvalue weighted by Crippen LogP contribution is -2.32. The molecule has 0 aromatic heterocycles. The van der Waals surface area contributed by atoms with Crippen LogP contribution in [-0.2, 0) is 25.6 Å². The van der Waals surface area contributed by atoms with E-state index in [2.05, 4.69) is 66.4 Å². The van der Waals surface area contributed by atoms with Crippen molar-refractivity contribution < 1.29 is 19.2 Å². The van der Waals surface area contributed by atoms with Crippen LogP contribution in [0, 0.1) is 11.8 Å². The lowest BCUT2D eigenvalue weighted by atomic mass is 9.92. The second-order valence-corrected chi connectivity index (χ2v) is 8.68. The van der Waals surface area contributed by atoms with E-state index in [1.807, 2.05) is 24.3 Å². The van der Waals surface area contributed by atoms with Gasteiger partial charge >= 0.3 is 5.97 Å². The second kappa shape index (κ2) is 8.68. The molecule has 0 spiro atoms. The van der Waals surface area contributed by atoms with Crippen molar-refractivity contribution in [1.29, 1.82) is 0 Å². The van der Waals surface area contributed by atoms with Gasteiger partial charge < -0.3 is 4.84 Å². The Morgan fingerprint density at radius 2 is 1.36 bits per heavy atom. The van der Waals surface area contributed by atoms with Gasteiger partial charge in [-0.2, -0.15) is 0 Å². The molecular formula is C31H19NO4. The van der Waals surface area contributed by atoms with Crippen LogP contribution < -0.4 is 0 Å². The van der Waals surface area contributed by atoms with E-state index >= 15 is 0 Å². The highest BCUT2D eigenvalue weighted by Gasteiger charge is 2.27. The highest BCUT2D eigenvalue weighted by molar-refractivity contribution is 6.23. The van der Waals surface area contributed by atoms with Crippen LogP contribution in [0.25, 0.3) is 32.3 Å². The fourth-order valence-corrected chi connectivity index (χ4v) is 4.61. The van der Waals surface area contributed by atoms with E-state index in [9.17, 15) is 14.4 Å². The number of carbonyl (C=O) groups excluding carboxylic acids is 3. The Bertz CT molecular complexity index is 1740. The lowest BCUT2D eigenvalue weighted by molar-refractivity contribution is -0.196. The summed E-state index contributed by atoms with van der Waals surface area (Å²) in [6, 6.07) is 26.9. The van der Waals surface area contributed by atoms with E-state index in [1.54, 1.807) is 0 Å². The quantitative estimate of drug-likeness (QED) is 0.204. The van der Waals surface area contributed by atoms with Crippen molar-refractivity contribution in [3.63, 3.8) is 0 Å². The highest BCUT2D eigenvalue weighted by atomic mass is 16.7. The molecule has 0 saturated carbocycles. The Morgan fingerprint density at radius 1 is 0.722 bits per heavy atom. The molecule has 2 amide bonds. The van der Waals surface area contributed by atoms with Crippen molar-refractivity contribution in [2.45, 2.75) is 12.8 Å². The zero-order valence-corrected chi connectivity index (χ0v) is 19.2. The van der Waals surface area contributed by atoms with Crippen LogP contribution in [0.15, 0.2) is 91.0 Å². The van der Waals surface area contributed by atoms with Crippen molar-refractivity contribution in [1.82, 2.24) is 5.06 Å². The van der Waals surface area contributed by atoms with Gasteiger partial charge in [-0.1, -0.05) is 77.6 Å². The maximum Gasteiger partial charge on any atom is 0.333 e. The Kier molecular flexibility index (Phi) is 5.20. The molecule has 0 radical (unpaired) electrons. The van der Waals surface area contributed by atoms with Crippen molar-refractivity contribution in [3.05, 3.63) is 108 Å². The van der Waals surface area contributed by atoms with Crippen molar-refractivity contribution in [3.8, 4) is 11.8 Å². The fourth-order valence-electron chi connectivity index (χ4n) is 4.61. The van der Waals surface area contributed by atoms with Gasteiger partial charge in [-0.15, -0.1) is 0 Å². The SMILES string of the molecule is O=C(CCc1ccc(C#Cc2ccc3ccc4cccc5ccc2c3c45)cc1)ON1C(=O)C=CC1=O. The normalized spacial score (nSPS) is 13.1. The average Bonchev–Trinajstić information content (AvgIpc) is 3.22. The van der Waals surface area contributed by atoms with E-state index in [4.69, 9.17) is 4.84 Å². The highest BCUT2D eigenvalue weighted by Crippen LogP contribution is 2.35. The molecule has 0 aliphatic carbocycles.